The van der Waals surface area contributed by atoms with E-state index in [-0.39, 0.29) is 5.56 Å². The molecule has 2 unspecified atom stereocenters. The number of aromatic nitrogens is 2. The second kappa shape index (κ2) is 8.07. The molecular weight excluding hydrogens is 423 g/mol. The fourth-order valence-electron chi connectivity index (χ4n) is 3.24. The number of aryl methyl sites for hydroxylation is 1. The van der Waals surface area contributed by atoms with E-state index in [9.17, 15) is 26.4 Å². The second-order valence-electron chi connectivity index (χ2n) is 6.79. The first-order valence-electron chi connectivity index (χ1n) is 8.80. The van der Waals surface area contributed by atoms with Crippen LogP contribution in [0.5, 0.6) is 0 Å². The average molecular weight is 441 g/mol. The molecule has 2 atom stereocenters. The molecule has 0 aliphatic carbocycles. The van der Waals surface area contributed by atoms with Crippen LogP contribution in [0.1, 0.15) is 41.5 Å². The molecule has 2 N–H and O–H groups in total. The molecule has 0 radical (unpaired) electrons. The summed E-state index contributed by atoms with van der Waals surface area (Å²) in [5.41, 5.74) is 1.42. The number of H-pyrrole nitrogens is 1. The first-order valence-corrected chi connectivity index (χ1v) is 10.3. The van der Waals surface area contributed by atoms with Gasteiger partial charge in [-0.1, -0.05) is 19.1 Å². The van der Waals surface area contributed by atoms with Gasteiger partial charge in [-0.3, -0.25) is 0 Å². The van der Waals surface area contributed by atoms with E-state index in [1.165, 1.54) is 13.0 Å². The number of nitrogens with zero attached hydrogens (tertiary/aromatic N) is 1. The molecular formula is C19H18F3N3O4S. The van der Waals surface area contributed by atoms with Crippen LogP contribution in [0.3, 0.4) is 0 Å². The summed E-state index contributed by atoms with van der Waals surface area (Å²) in [5, 5.41) is 5.62. The smallest absolute Gasteiger partial charge is 0.391 e. The van der Waals surface area contributed by atoms with Crippen LogP contribution >= 0.6 is 0 Å². The van der Waals surface area contributed by atoms with E-state index in [1.807, 2.05) is 5.10 Å². The predicted molar refractivity (Wildman–Crippen MR) is 101 cm³/mol. The summed E-state index contributed by atoms with van der Waals surface area (Å²) in [6.45, 7) is 4.87. The molecule has 3 rings (SSSR count). The minimum absolute atomic E-state index is 0.141. The zero-order valence-corrected chi connectivity index (χ0v) is 17.0. The maximum absolute atomic E-state index is 14.6. The number of rotatable bonds is 6. The zero-order valence-electron chi connectivity index (χ0n) is 16.2. The summed E-state index contributed by atoms with van der Waals surface area (Å²) in [7, 11) is -4.79. The normalized spacial score (nSPS) is 13.9. The van der Waals surface area contributed by atoms with Crippen molar-refractivity contribution < 1.29 is 26.0 Å². The summed E-state index contributed by atoms with van der Waals surface area (Å²) in [4.78, 5) is 10.2. The van der Waals surface area contributed by atoms with Crippen LogP contribution in [-0.4, -0.2) is 18.6 Å². The highest BCUT2D eigenvalue weighted by molar-refractivity contribution is 7.89. The molecule has 0 saturated carbocycles. The molecule has 7 nitrogen and oxygen atoms in total. The van der Waals surface area contributed by atoms with E-state index < -0.39 is 56.0 Å². The van der Waals surface area contributed by atoms with Gasteiger partial charge in [-0.15, -0.1) is 5.10 Å². The van der Waals surface area contributed by atoms with Crippen molar-refractivity contribution in [2.24, 2.45) is 0 Å². The molecule has 0 saturated heterocycles. The molecule has 0 bridgehead atoms. The van der Waals surface area contributed by atoms with Crippen LogP contribution in [0.4, 0.5) is 13.2 Å². The van der Waals surface area contributed by atoms with Crippen molar-refractivity contribution in [3.05, 3.63) is 80.9 Å². The average Bonchev–Trinajstić information content (AvgIpc) is 3.09. The third kappa shape index (κ3) is 4.03. The van der Waals surface area contributed by atoms with Crippen molar-refractivity contribution >= 4 is 10.0 Å². The summed E-state index contributed by atoms with van der Waals surface area (Å²) in [5.74, 6) is -5.58. The van der Waals surface area contributed by atoms with E-state index in [0.717, 1.165) is 23.8 Å². The minimum Gasteiger partial charge on any atom is -0.391 e. The second-order valence-corrected chi connectivity index (χ2v) is 8.44. The molecule has 0 amide bonds. The van der Waals surface area contributed by atoms with E-state index in [4.69, 9.17) is 4.42 Å². The van der Waals surface area contributed by atoms with Crippen molar-refractivity contribution in [1.82, 2.24) is 14.9 Å². The Labute approximate surface area is 170 Å². The molecule has 0 spiro atoms. The number of benzene rings is 2. The predicted octanol–water partition coefficient (Wildman–Crippen LogP) is 3.22. The Hall–Kier alpha value is -2.92. The molecule has 1 heterocycles. The summed E-state index contributed by atoms with van der Waals surface area (Å²) >= 11 is 0. The Kier molecular flexibility index (Phi) is 5.86. The number of nitrogens with one attached hydrogen (secondary N) is 2. The fraction of sp³-hybridized carbons (Fsp3) is 0.263. The summed E-state index contributed by atoms with van der Waals surface area (Å²) in [6.07, 6.45) is 0. The van der Waals surface area contributed by atoms with Gasteiger partial charge in [0.1, 0.15) is 23.5 Å². The number of sulfonamides is 1. The van der Waals surface area contributed by atoms with Gasteiger partial charge >= 0.3 is 5.76 Å². The summed E-state index contributed by atoms with van der Waals surface area (Å²) < 4.78 is 75.4. The van der Waals surface area contributed by atoms with Crippen LogP contribution in [0.15, 0.2) is 44.4 Å². The highest BCUT2D eigenvalue weighted by Crippen LogP contribution is 2.35. The fourth-order valence-corrected chi connectivity index (χ4v) is 4.64. The van der Waals surface area contributed by atoms with Gasteiger partial charge in [-0.2, -0.15) is 4.72 Å². The largest absolute Gasteiger partial charge is 0.434 e. The van der Waals surface area contributed by atoms with E-state index >= 15 is 0 Å². The Morgan fingerprint density at radius 3 is 2.27 bits per heavy atom. The molecule has 30 heavy (non-hydrogen) atoms. The Balaban J connectivity index is 2.14. The van der Waals surface area contributed by atoms with Gasteiger partial charge in [0.05, 0.1) is 0 Å². The van der Waals surface area contributed by atoms with Crippen LogP contribution < -0.4 is 10.5 Å². The topological polar surface area (TPSA) is 105 Å². The molecule has 160 valence electrons. The van der Waals surface area contributed by atoms with Crippen molar-refractivity contribution in [2.45, 2.75) is 37.6 Å². The Bertz CT molecular complexity index is 1230. The van der Waals surface area contributed by atoms with Crippen LogP contribution in [0.25, 0.3) is 0 Å². The van der Waals surface area contributed by atoms with E-state index in [1.54, 1.807) is 19.9 Å². The van der Waals surface area contributed by atoms with Crippen LogP contribution in [0.2, 0.25) is 0 Å². The monoisotopic (exact) mass is 441 g/mol. The van der Waals surface area contributed by atoms with Crippen molar-refractivity contribution in [1.29, 1.82) is 0 Å². The zero-order chi connectivity index (χ0) is 22.2. The van der Waals surface area contributed by atoms with Gasteiger partial charge in [0, 0.05) is 5.92 Å². The summed E-state index contributed by atoms with van der Waals surface area (Å²) in [6, 6.07) is 3.93. The number of hydrogen-bond acceptors (Lipinski definition) is 5. The van der Waals surface area contributed by atoms with E-state index in [2.05, 4.69) is 9.82 Å². The third-order valence-corrected chi connectivity index (χ3v) is 6.37. The molecule has 0 fully saturated rings. The van der Waals surface area contributed by atoms with Gasteiger partial charge in [-0.25, -0.2) is 31.5 Å². The molecule has 3 aromatic rings. The molecule has 1 aromatic heterocycles. The third-order valence-electron chi connectivity index (χ3n) is 4.88. The van der Waals surface area contributed by atoms with Gasteiger partial charge < -0.3 is 4.42 Å². The van der Waals surface area contributed by atoms with E-state index in [0.29, 0.717) is 5.56 Å². The van der Waals surface area contributed by atoms with Crippen molar-refractivity contribution in [3.63, 3.8) is 0 Å². The van der Waals surface area contributed by atoms with Gasteiger partial charge in [0.25, 0.3) is 0 Å². The molecule has 0 aliphatic heterocycles. The number of aromatic amines is 1. The lowest BCUT2D eigenvalue weighted by Crippen LogP contribution is -2.34. The highest BCUT2D eigenvalue weighted by atomic mass is 32.2. The Morgan fingerprint density at radius 2 is 1.70 bits per heavy atom. The number of hydrogen-bond donors (Lipinski definition) is 2. The first-order chi connectivity index (χ1) is 14.0. The molecule has 2 aromatic carbocycles. The molecule has 0 aliphatic rings. The van der Waals surface area contributed by atoms with Crippen LogP contribution in [0, 0.1) is 31.3 Å². The van der Waals surface area contributed by atoms with Crippen molar-refractivity contribution in [3.8, 4) is 0 Å². The maximum Gasteiger partial charge on any atom is 0.434 e. The Morgan fingerprint density at radius 1 is 1.07 bits per heavy atom. The lowest BCUT2D eigenvalue weighted by atomic mass is 9.88. The lowest BCUT2D eigenvalue weighted by Gasteiger charge is -2.25. The standard InChI is InChI=1S/C19H18F3N3O4S/c1-9-7-8-12(20)15(10(9)2)11(3)16(18-23-24-19(26)29-18)25-30(27,28)17-13(21)5-4-6-14(17)22/h4-8,11,16,25H,1-3H3,(H,24,26). The van der Waals surface area contributed by atoms with Crippen molar-refractivity contribution in [2.75, 3.05) is 0 Å². The highest BCUT2D eigenvalue weighted by Gasteiger charge is 2.35. The van der Waals surface area contributed by atoms with Gasteiger partial charge in [0.15, 0.2) is 4.90 Å². The first kappa shape index (κ1) is 21.8. The van der Waals surface area contributed by atoms with Gasteiger partial charge in [0.2, 0.25) is 15.9 Å². The van der Waals surface area contributed by atoms with Gasteiger partial charge in [-0.05, 0) is 48.7 Å². The minimum atomic E-state index is -4.79. The molecule has 11 heteroatoms. The SMILES string of the molecule is Cc1ccc(F)c(C(C)C(NS(=O)(=O)c2c(F)cccc2F)c2n[nH]c(=O)o2)c1C. The lowest BCUT2D eigenvalue weighted by molar-refractivity contribution is 0.375. The number of halogens is 3. The van der Waals surface area contributed by atoms with Crippen LogP contribution in [-0.2, 0) is 10.0 Å². The quantitative estimate of drug-likeness (QED) is 0.611. The maximum atomic E-state index is 14.6.